The molecule has 1 heterocycles. The first-order valence-electron chi connectivity index (χ1n) is 5.06. The van der Waals surface area contributed by atoms with Gasteiger partial charge in [0.15, 0.2) is 0 Å². The van der Waals surface area contributed by atoms with Gasteiger partial charge in [-0.15, -0.1) is 11.6 Å². The van der Waals surface area contributed by atoms with E-state index in [1.54, 1.807) is 6.20 Å². The molecule has 3 heteroatoms. The highest BCUT2D eigenvalue weighted by Gasteiger charge is 1.96. The molecule has 0 spiro atoms. The van der Waals surface area contributed by atoms with Crippen LogP contribution in [0, 0.1) is 0 Å². The van der Waals surface area contributed by atoms with E-state index in [1.807, 2.05) is 42.5 Å². The Morgan fingerprint density at radius 2 is 1.88 bits per heavy atom. The monoisotopic (exact) mass is 233 g/mol. The van der Waals surface area contributed by atoms with Crippen LogP contribution >= 0.6 is 11.6 Å². The van der Waals surface area contributed by atoms with Gasteiger partial charge in [0.2, 0.25) is 0 Å². The molecule has 0 aliphatic heterocycles. The Hall–Kier alpha value is -1.54. The van der Waals surface area contributed by atoms with Gasteiger partial charge in [-0.3, -0.25) is 4.98 Å². The molecule has 1 aromatic heterocycles. The maximum atomic E-state index is 5.70. The second-order valence-electron chi connectivity index (χ2n) is 3.39. The van der Waals surface area contributed by atoms with Gasteiger partial charge in [0.25, 0.3) is 0 Å². The second kappa shape index (κ2) is 5.52. The summed E-state index contributed by atoms with van der Waals surface area (Å²) < 4.78 is 5.59. The number of ether oxygens (including phenoxy) is 1. The van der Waals surface area contributed by atoms with E-state index in [9.17, 15) is 0 Å². The lowest BCUT2D eigenvalue weighted by Crippen LogP contribution is -1.97. The number of rotatable bonds is 4. The summed E-state index contributed by atoms with van der Waals surface area (Å²) in [7, 11) is 0. The van der Waals surface area contributed by atoms with E-state index in [0.29, 0.717) is 12.5 Å². The topological polar surface area (TPSA) is 22.1 Å². The van der Waals surface area contributed by atoms with Crippen molar-refractivity contribution in [1.29, 1.82) is 0 Å². The van der Waals surface area contributed by atoms with Crippen LogP contribution in [0.3, 0.4) is 0 Å². The Bertz CT molecular complexity index is 427. The van der Waals surface area contributed by atoms with Crippen LogP contribution < -0.4 is 4.74 Å². The van der Waals surface area contributed by atoms with Crippen molar-refractivity contribution in [1.82, 2.24) is 4.98 Å². The number of aromatic nitrogens is 1. The van der Waals surface area contributed by atoms with E-state index < -0.39 is 0 Å². The summed E-state index contributed by atoms with van der Waals surface area (Å²) in [4.78, 5) is 4.18. The Balaban J connectivity index is 1.94. The van der Waals surface area contributed by atoms with Gasteiger partial charge in [-0.2, -0.15) is 0 Å². The number of hydrogen-bond acceptors (Lipinski definition) is 2. The molecular formula is C13H12ClNO. The van der Waals surface area contributed by atoms with Crippen LogP contribution in [-0.4, -0.2) is 4.98 Å². The minimum absolute atomic E-state index is 0.487. The zero-order valence-electron chi connectivity index (χ0n) is 8.77. The van der Waals surface area contributed by atoms with Gasteiger partial charge in [0, 0.05) is 12.1 Å². The lowest BCUT2D eigenvalue weighted by molar-refractivity contribution is 0.301. The average Bonchev–Trinajstić information content (AvgIpc) is 2.38. The Morgan fingerprint density at radius 3 is 2.50 bits per heavy atom. The van der Waals surface area contributed by atoms with Crippen LogP contribution in [0.1, 0.15) is 11.3 Å². The summed E-state index contributed by atoms with van der Waals surface area (Å²) in [5, 5.41) is 0. The molecular weight excluding hydrogens is 222 g/mol. The summed E-state index contributed by atoms with van der Waals surface area (Å²) in [6.45, 7) is 0.487. The van der Waals surface area contributed by atoms with Crippen LogP contribution in [0.2, 0.25) is 0 Å². The normalized spacial score (nSPS) is 10.1. The van der Waals surface area contributed by atoms with E-state index in [0.717, 1.165) is 17.0 Å². The molecule has 0 bridgehead atoms. The molecule has 2 rings (SSSR count). The first-order valence-corrected chi connectivity index (χ1v) is 5.59. The van der Waals surface area contributed by atoms with Crippen LogP contribution in [0.5, 0.6) is 5.75 Å². The van der Waals surface area contributed by atoms with Crippen molar-refractivity contribution in [3.05, 3.63) is 59.9 Å². The van der Waals surface area contributed by atoms with Crippen LogP contribution in [0.25, 0.3) is 0 Å². The fraction of sp³-hybridized carbons (Fsp3) is 0.154. The van der Waals surface area contributed by atoms with Crippen molar-refractivity contribution in [2.24, 2.45) is 0 Å². The predicted octanol–water partition coefficient (Wildman–Crippen LogP) is 3.40. The SMILES string of the molecule is ClCc1ccc(OCc2ccccn2)cc1. The quantitative estimate of drug-likeness (QED) is 0.756. The Labute approximate surface area is 99.9 Å². The van der Waals surface area contributed by atoms with Gasteiger partial charge in [0.1, 0.15) is 12.4 Å². The van der Waals surface area contributed by atoms with Crippen LogP contribution in [0.4, 0.5) is 0 Å². The van der Waals surface area contributed by atoms with E-state index in [4.69, 9.17) is 16.3 Å². The van der Waals surface area contributed by atoms with E-state index in [1.165, 1.54) is 0 Å². The number of halogens is 1. The third-order valence-corrected chi connectivity index (χ3v) is 2.50. The lowest BCUT2D eigenvalue weighted by Gasteiger charge is -2.05. The van der Waals surface area contributed by atoms with Gasteiger partial charge < -0.3 is 4.74 Å². The predicted molar refractivity (Wildman–Crippen MR) is 64.6 cm³/mol. The first kappa shape index (κ1) is 11.0. The maximum absolute atomic E-state index is 5.70. The fourth-order valence-electron chi connectivity index (χ4n) is 1.32. The highest BCUT2D eigenvalue weighted by molar-refractivity contribution is 6.17. The lowest BCUT2D eigenvalue weighted by atomic mass is 10.2. The zero-order chi connectivity index (χ0) is 11.2. The molecule has 16 heavy (non-hydrogen) atoms. The van der Waals surface area contributed by atoms with E-state index in [-0.39, 0.29) is 0 Å². The van der Waals surface area contributed by atoms with Crippen molar-refractivity contribution >= 4 is 11.6 Å². The van der Waals surface area contributed by atoms with Crippen molar-refractivity contribution in [2.75, 3.05) is 0 Å². The standard InChI is InChI=1S/C13H12ClNO/c14-9-11-4-6-13(7-5-11)16-10-12-3-1-2-8-15-12/h1-8H,9-10H2. The molecule has 0 unspecified atom stereocenters. The number of alkyl halides is 1. The van der Waals surface area contributed by atoms with Crippen LogP contribution in [-0.2, 0) is 12.5 Å². The minimum Gasteiger partial charge on any atom is -0.487 e. The van der Waals surface area contributed by atoms with Gasteiger partial charge >= 0.3 is 0 Å². The average molecular weight is 234 g/mol. The van der Waals surface area contributed by atoms with E-state index in [2.05, 4.69) is 4.98 Å². The number of pyridine rings is 1. The molecule has 82 valence electrons. The molecule has 0 saturated heterocycles. The molecule has 0 aliphatic carbocycles. The van der Waals surface area contributed by atoms with Crippen molar-refractivity contribution < 1.29 is 4.74 Å². The summed E-state index contributed by atoms with van der Waals surface area (Å²) >= 11 is 5.70. The summed E-state index contributed by atoms with van der Waals surface area (Å²) in [5.74, 6) is 1.36. The number of nitrogens with zero attached hydrogens (tertiary/aromatic N) is 1. The molecule has 0 amide bonds. The molecule has 0 aliphatic rings. The summed E-state index contributed by atoms with van der Waals surface area (Å²) in [6, 6.07) is 13.5. The Kier molecular flexibility index (Phi) is 3.78. The van der Waals surface area contributed by atoms with Gasteiger partial charge in [-0.05, 0) is 29.8 Å². The van der Waals surface area contributed by atoms with Crippen molar-refractivity contribution in [2.45, 2.75) is 12.5 Å². The first-order chi connectivity index (χ1) is 7.88. The van der Waals surface area contributed by atoms with Gasteiger partial charge in [-0.25, -0.2) is 0 Å². The minimum atomic E-state index is 0.487. The maximum Gasteiger partial charge on any atom is 0.130 e. The van der Waals surface area contributed by atoms with Crippen molar-refractivity contribution in [3.63, 3.8) is 0 Å². The smallest absolute Gasteiger partial charge is 0.130 e. The second-order valence-corrected chi connectivity index (χ2v) is 3.65. The summed E-state index contributed by atoms with van der Waals surface area (Å²) in [6.07, 6.45) is 1.76. The Morgan fingerprint density at radius 1 is 1.06 bits per heavy atom. The molecule has 1 aromatic carbocycles. The van der Waals surface area contributed by atoms with Gasteiger partial charge in [-0.1, -0.05) is 18.2 Å². The highest BCUT2D eigenvalue weighted by atomic mass is 35.5. The van der Waals surface area contributed by atoms with Crippen molar-refractivity contribution in [3.8, 4) is 5.75 Å². The zero-order valence-corrected chi connectivity index (χ0v) is 9.52. The molecule has 2 nitrogen and oxygen atoms in total. The summed E-state index contributed by atoms with van der Waals surface area (Å²) in [5.41, 5.74) is 2.01. The van der Waals surface area contributed by atoms with E-state index >= 15 is 0 Å². The molecule has 2 aromatic rings. The third-order valence-electron chi connectivity index (χ3n) is 2.19. The molecule has 0 fully saturated rings. The van der Waals surface area contributed by atoms with Gasteiger partial charge in [0.05, 0.1) is 5.69 Å². The highest BCUT2D eigenvalue weighted by Crippen LogP contribution is 2.14. The fourth-order valence-corrected chi connectivity index (χ4v) is 1.49. The largest absolute Gasteiger partial charge is 0.487 e. The number of hydrogen-bond donors (Lipinski definition) is 0. The third kappa shape index (κ3) is 2.97. The molecule has 0 N–H and O–H groups in total. The molecule has 0 atom stereocenters. The van der Waals surface area contributed by atoms with Crippen LogP contribution in [0.15, 0.2) is 48.7 Å². The number of benzene rings is 1. The molecule has 0 radical (unpaired) electrons. The molecule has 0 saturated carbocycles.